The third kappa shape index (κ3) is 4.26. The Balaban J connectivity index is 1.76. The summed E-state index contributed by atoms with van der Waals surface area (Å²) < 4.78 is 22.1. The van der Waals surface area contributed by atoms with Crippen LogP contribution in [0.3, 0.4) is 0 Å². The van der Waals surface area contributed by atoms with E-state index in [4.69, 9.17) is 18.9 Å². The molecule has 0 radical (unpaired) electrons. The number of anilines is 1. The van der Waals surface area contributed by atoms with Crippen LogP contribution in [0.5, 0.6) is 17.2 Å². The summed E-state index contributed by atoms with van der Waals surface area (Å²) in [7, 11) is 0. The number of amides is 1. The highest BCUT2D eigenvalue weighted by atomic mass is 16.6. The Kier molecular flexibility index (Phi) is 5.96. The van der Waals surface area contributed by atoms with Gasteiger partial charge in [0.05, 0.1) is 13.2 Å². The molecule has 0 unspecified atom stereocenters. The minimum atomic E-state index is -0.206. The van der Waals surface area contributed by atoms with Crippen molar-refractivity contribution in [2.45, 2.75) is 20.5 Å². The van der Waals surface area contributed by atoms with Crippen LogP contribution in [0.2, 0.25) is 0 Å². The Morgan fingerprint density at radius 3 is 2.62 bits per heavy atom. The van der Waals surface area contributed by atoms with Crippen molar-refractivity contribution in [3.8, 4) is 17.2 Å². The molecule has 1 N–H and O–H groups in total. The molecule has 6 nitrogen and oxygen atoms in total. The smallest absolute Gasteiger partial charge is 0.255 e. The van der Waals surface area contributed by atoms with E-state index >= 15 is 0 Å². The first-order valence-corrected chi connectivity index (χ1v) is 8.75. The molecule has 26 heavy (non-hydrogen) atoms. The van der Waals surface area contributed by atoms with Gasteiger partial charge in [-0.25, -0.2) is 0 Å². The van der Waals surface area contributed by atoms with Crippen molar-refractivity contribution in [2.75, 3.05) is 31.7 Å². The van der Waals surface area contributed by atoms with E-state index in [1.54, 1.807) is 36.4 Å². The lowest BCUT2D eigenvalue weighted by atomic mass is 10.1. The van der Waals surface area contributed by atoms with E-state index in [0.717, 1.165) is 11.3 Å². The van der Waals surface area contributed by atoms with Gasteiger partial charge >= 0.3 is 0 Å². The molecule has 1 heterocycles. The van der Waals surface area contributed by atoms with Gasteiger partial charge in [-0.15, -0.1) is 0 Å². The fourth-order valence-electron chi connectivity index (χ4n) is 2.67. The lowest BCUT2D eigenvalue weighted by Crippen LogP contribution is -2.16. The summed E-state index contributed by atoms with van der Waals surface area (Å²) in [6, 6.07) is 10.7. The molecule has 138 valence electrons. The second-order valence-electron chi connectivity index (χ2n) is 5.71. The Labute approximate surface area is 153 Å². The largest absolute Gasteiger partial charge is 0.494 e. The van der Waals surface area contributed by atoms with Gasteiger partial charge < -0.3 is 24.3 Å². The Morgan fingerprint density at radius 1 is 1.04 bits per heavy atom. The highest BCUT2D eigenvalue weighted by molar-refractivity contribution is 6.04. The van der Waals surface area contributed by atoms with E-state index in [-0.39, 0.29) is 5.91 Å². The highest BCUT2D eigenvalue weighted by Gasteiger charge is 2.15. The molecule has 0 aliphatic carbocycles. The maximum Gasteiger partial charge on any atom is 0.255 e. The molecule has 0 saturated heterocycles. The summed E-state index contributed by atoms with van der Waals surface area (Å²) in [5.41, 5.74) is 2.04. The molecule has 1 amide bonds. The Hall–Kier alpha value is -2.73. The summed E-state index contributed by atoms with van der Waals surface area (Å²) in [4.78, 5) is 12.6. The van der Waals surface area contributed by atoms with Gasteiger partial charge in [0.1, 0.15) is 19.0 Å². The van der Waals surface area contributed by atoms with Gasteiger partial charge in [-0.2, -0.15) is 0 Å². The molecule has 0 fully saturated rings. The molecule has 2 aromatic carbocycles. The van der Waals surface area contributed by atoms with Crippen molar-refractivity contribution in [3.05, 3.63) is 47.5 Å². The first-order valence-electron chi connectivity index (χ1n) is 8.75. The summed E-state index contributed by atoms with van der Waals surface area (Å²) >= 11 is 0. The van der Waals surface area contributed by atoms with E-state index in [9.17, 15) is 4.79 Å². The molecule has 0 spiro atoms. The third-order valence-corrected chi connectivity index (χ3v) is 3.88. The summed E-state index contributed by atoms with van der Waals surface area (Å²) in [5.74, 6) is 1.85. The second-order valence-corrected chi connectivity index (χ2v) is 5.71. The van der Waals surface area contributed by atoms with Crippen LogP contribution in [0, 0.1) is 0 Å². The zero-order valence-electron chi connectivity index (χ0n) is 15.0. The van der Waals surface area contributed by atoms with Gasteiger partial charge in [0, 0.05) is 29.5 Å². The minimum absolute atomic E-state index is 0.206. The third-order valence-electron chi connectivity index (χ3n) is 3.88. The van der Waals surface area contributed by atoms with E-state index in [2.05, 4.69) is 5.32 Å². The molecule has 0 saturated carbocycles. The SMILES string of the molecule is CCOCc1cc(C(=O)Nc2ccc3c(c2)OCCO3)ccc1OCC. The zero-order chi connectivity index (χ0) is 18.4. The van der Waals surface area contributed by atoms with Crippen molar-refractivity contribution in [1.82, 2.24) is 0 Å². The topological polar surface area (TPSA) is 66.0 Å². The van der Waals surface area contributed by atoms with E-state index in [1.165, 1.54) is 0 Å². The maximum atomic E-state index is 12.6. The number of carbonyl (C=O) groups is 1. The predicted molar refractivity (Wildman–Crippen MR) is 98.3 cm³/mol. The van der Waals surface area contributed by atoms with Crippen molar-refractivity contribution in [2.24, 2.45) is 0 Å². The Morgan fingerprint density at radius 2 is 1.85 bits per heavy atom. The van der Waals surface area contributed by atoms with Crippen molar-refractivity contribution in [1.29, 1.82) is 0 Å². The average molecular weight is 357 g/mol. The number of hydrogen-bond donors (Lipinski definition) is 1. The van der Waals surface area contributed by atoms with Crippen LogP contribution < -0.4 is 19.5 Å². The zero-order valence-corrected chi connectivity index (χ0v) is 15.0. The van der Waals surface area contributed by atoms with Crippen LogP contribution in [0.15, 0.2) is 36.4 Å². The van der Waals surface area contributed by atoms with E-state index in [1.807, 2.05) is 13.8 Å². The van der Waals surface area contributed by atoms with Crippen LogP contribution in [0.1, 0.15) is 29.8 Å². The number of carbonyl (C=O) groups excluding carboxylic acids is 1. The van der Waals surface area contributed by atoms with E-state index < -0.39 is 0 Å². The van der Waals surface area contributed by atoms with Crippen LogP contribution >= 0.6 is 0 Å². The van der Waals surface area contributed by atoms with Gasteiger partial charge in [-0.1, -0.05) is 0 Å². The van der Waals surface area contributed by atoms with Gasteiger partial charge in [0.2, 0.25) is 0 Å². The molecule has 0 aromatic heterocycles. The molecule has 1 aliphatic heterocycles. The number of rotatable bonds is 7. The number of ether oxygens (including phenoxy) is 4. The lowest BCUT2D eigenvalue weighted by molar-refractivity contribution is 0.102. The van der Waals surface area contributed by atoms with Crippen LogP contribution in [-0.4, -0.2) is 32.3 Å². The Bertz CT molecular complexity index is 775. The molecule has 6 heteroatoms. The summed E-state index contributed by atoms with van der Waals surface area (Å²) in [6.45, 7) is 6.45. The number of fused-ring (bicyclic) bond motifs is 1. The quantitative estimate of drug-likeness (QED) is 0.819. The minimum Gasteiger partial charge on any atom is -0.494 e. The summed E-state index contributed by atoms with van der Waals surface area (Å²) in [5, 5.41) is 2.89. The van der Waals surface area contributed by atoms with Gasteiger partial charge in [-0.3, -0.25) is 4.79 Å². The first-order chi connectivity index (χ1) is 12.7. The number of hydrogen-bond acceptors (Lipinski definition) is 5. The number of nitrogens with one attached hydrogen (secondary N) is 1. The molecule has 2 aromatic rings. The van der Waals surface area contributed by atoms with E-state index in [0.29, 0.717) is 55.8 Å². The van der Waals surface area contributed by atoms with Crippen LogP contribution in [-0.2, 0) is 11.3 Å². The molecule has 3 rings (SSSR count). The monoisotopic (exact) mass is 357 g/mol. The van der Waals surface area contributed by atoms with Crippen molar-refractivity contribution < 1.29 is 23.7 Å². The van der Waals surface area contributed by atoms with Crippen LogP contribution in [0.25, 0.3) is 0 Å². The first kappa shape index (κ1) is 18.1. The molecular formula is C20H23NO5. The van der Waals surface area contributed by atoms with Crippen LogP contribution in [0.4, 0.5) is 5.69 Å². The maximum absolute atomic E-state index is 12.6. The predicted octanol–water partition coefficient (Wildman–Crippen LogP) is 3.65. The van der Waals surface area contributed by atoms with Crippen molar-refractivity contribution >= 4 is 11.6 Å². The highest BCUT2D eigenvalue weighted by Crippen LogP contribution is 2.32. The van der Waals surface area contributed by atoms with Gasteiger partial charge in [0.15, 0.2) is 11.5 Å². The molecule has 0 atom stereocenters. The molecule has 0 bridgehead atoms. The lowest BCUT2D eigenvalue weighted by Gasteiger charge is -2.19. The average Bonchev–Trinajstić information content (AvgIpc) is 2.67. The van der Waals surface area contributed by atoms with Crippen molar-refractivity contribution in [3.63, 3.8) is 0 Å². The number of benzene rings is 2. The fraction of sp³-hybridized carbons (Fsp3) is 0.350. The second kappa shape index (κ2) is 8.58. The fourth-order valence-corrected chi connectivity index (χ4v) is 2.67. The molecule has 1 aliphatic rings. The standard InChI is InChI=1S/C20H23NO5/c1-3-23-13-15-11-14(5-7-17(15)24-4-2)20(22)21-16-6-8-18-19(12-16)26-10-9-25-18/h5-8,11-12H,3-4,9-10,13H2,1-2H3,(H,21,22). The van der Waals surface area contributed by atoms with Gasteiger partial charge in [-0.05, 0) is 44.2 Å². The van der Waals surface area contributed by atoms with Gasteiger partial charge in [0.25, 0.3) is 5.91 Å². The summed E-state index contributed by atoms with van der Waals surface area (Å²) in [6.07, 6.45) is 0. The molecular weight excluding hydrogens is 334 g/mol. The normalized spacial score (nSPS) is 12.5.